The quantitative estimate of drug-likeness (QED) is 0.856. The van der Waals surface area contributed by atoms with Crippen molar-refractivity contribution in [3.8, 4) is 0 Å². The van der Waals surface area contributed by atoms with Gasteiger partial charge in [-0.3, -0.25) is 4.72 Å². The third-order valence-electron chi connectivity index (χ3n) is 3.77. The molecule has 0 atom stereocenters. The molecule has 136 valence electrons. The Morgan fingerprint density at radius 1 is 0.960 bits per heavy atom. The summed E-state index contributed by atoms with van der Waals surface area (Å²) >= 11 is 0. The summed E-state index contributed by atoms with van der Waals surface area (Å²) < 4.78 is 66.3. The van der Waals surface area contributed by atoms with E-state index in [1.165, 1.54) is 38.4 Å². The average Bonchev–Trinajstić information content (AvgIpc) is 2.51. The second-order valence-electron chi connectivity index (χ2n) is 5.76. The van der Waals surface area contributed by atoms with Crippen LogP contribution in [-0.2, 0) is 20.0 Å². The molecule has 0 unspecified atom stereocenters. The molecule has 0 saturated heterocycles. The van der Waals surface area contributed by atoms with Gasteiger partial charge in [0.1, 0.15) is 5.82 Å². The maximum Gasteiger partial charge on any atom is 0.262 e. The summed E-state index contributed by atoms with van der Waals surface area (Å²) in [4.78, 5) is -0.275. The molecule has 0 aliphatic rings. The van der Waals surface area contributed by atoms with Crippen LogP contribution in [-0.4, -0.2) is 35.2 Å². The first-order chi connectivity index (χ1) is 11.4. The molecule has 9 heteroatoms. The number of nitrogens with one attached hydrogen (secondary N) is 1. The SMILES string of the molecule is Cc1cc(S(=O)(=O)N(C)C)cc(NS(=O)(=O)c2cccc(F)c2)c1C. The molecule has 0 spiro atoms. The number of sulfonamides is 2. The van der Waals surface area contributed by atoms with Gasteiger partial charge in [-0.2, -0.15) is 0 Å². The molecule has 0 aromatic heterocycles. The molecule has 0 aliphatic heterocycles. The molecule has 0 heterocycles. The Kier molecular flexibility index (Phi) is 5.22. The fraction of sp³-hybridized carbons (Fsp3) is 0.250. The molecule has 2 aromatic rings. The minimum absolute atomic E-state index is 0.0301. The molecule has 0 aliphatic carbocycles. The summed E-state index contributed by atoms with van der Waals surface area (Å²) in [6, 6.07) is 7.31. The molecule has 2 aromatic carbocycles. The van der Waals surface area contributed by atoms with E-state index in [-0.39, 0.29) is 15.5 Å². The monoisotopic (exact) mass is 386 g/mol. The number of halogens is 1. The van der Waals surface area contributed by atoms with Gasteiger partial charge in [-0.1, -0.05) is 6.07 Å². The van der Waals surface area contributed by atoms with Crippen molar-refractivity contribution < 1.29 is 21.2 Å². The van der Waals surface area contributed by atoms with Gasteiger partial charge >= 0.3 is 0 Å². The molecule has 25 heavy (non-hydrogen) atoms. The third kappa shape index (κ3) is 4.00. The van der Waals surface area contributed by atoms with Crippen LogP contribution in [0, 0.1) is 19.7 Å². The molecule has 0 radical (unpaired) electrons. The van der Waals surface area contributed by atoms with Crippen LogP contribution in [0.5, 0.6) is 0 Å². The molecular formula is C16H19FN2O4S2. The minimum atomic E-state index is -4.06. The fourth-order valence-electron chi connectivity index (χ4n) is 2.13. The summed E-state index contributed by atoms with van der Waals surface area (Å²) in [7, 11) is -5.00. The van der Waals surface area contributed by atoms with E-state index < -0.39 is 25.9 Å². The van der Waals surface area contributed by atoms with Gasteiger partial charge in [0.2, 0.25) is 10.0 Å². The highest BCUT2D eigenvalue weighted by Crippen LogP contribution is 2.27. The normalized spacial score (nSPS) is 12.4. The Hall–Kier alpha value is -1.97. The zero-order chi connectivity index (χ0) is 19.0. The van der Waals surface area contributed by atoms with Crippen LogP contribution in [0.15, 0.2) is 46.2 Å². The number of benzene rings is 2. The largest absolute Gasteiger partial charge is 0.279 e. The second-order valence-corrected chi connectivity index (χ2v) is 9.60. The van der Waals surface area contributed by atoms with Crippen molar-refractivity contribution in [2.24, 2.45) is 0 Å². The van der Waals surface area contributed by atoms with E-state index in [0.717, 1.165) is 16.4 Å². The third-order valence-corrected chi connectivity index (χ3v) is 6.93. The zero-order valence-corrected chi connectivity index (χ0v) is 15.9. The molecule has 0 bridgehead atoms. The molecule has 2 rings (SSSR count). The molecule has 0 saturated carbocycles. The van der Waals surface area contributed by atoms with Gasteiger partial charge < -0.3 is 0 Å². The Balaban J connectivity index is 2.55. The lowest BCUT2D eigenvalue weighted by molar-refractivity contribution is 0.520. The van der Waals surface area contributed by atoms with E-state index in [1.54, 1.807) is 13.8 Å². The van der Waals surface area contributed by atoms with Crippen LogP contribution < -0.4 is 4.72 Å². The molecule has 6 nitrogen and oxygen atoms in total. The number of rotatable bonds is 5. The van der Waals surface area contributed by atoms with Gasteiger partial charge in [-0.15, -0.1) is 0 Å². The van der Waals surface area contributed by atoms with E-state index >= 15 is 0 Å². The lowest BCUT2D eigenvalue weighted by Crippen LogP contribution is -2.23. The fourth-order valence-corrected chi connectivity index (χ4v) is 4.29. The van der Waals surface area contributed by atoms with E-state index in [9.17, 15) is 21.2 Å². The van der Waals surface area contributed by atoms with Crippen molar-refractivity contribution >= 4 is 25.7 Å². The van der Waals surface area contributed by atoms with E-state index in [0.29, 0.717) is 11.1 Å². The van der Waals surface area contributed by atoms with Crippen LogP contribution in [0.25, 0.3) is 0 Å². The van der Waals surface area contributed by atoms with Crippen LogP contribution in [0.2, 0.25) is 0 Å². The highest BCUT2D eigenvalue weighted by molar-refractivity contribution is 7.92. The maximum atomic E-state index is 13.3. The van der Waals surface area contributed by atoms with Gasteiger partial charge in [0.05, 0.1) is 15.5 Å². The Bertz CT molecular complexity index is 1020. The Morgan fingerprint density at radius 3 is 2.16 bits per heavy atom. The van der Waals surface area contributed by atoms with Gasteiger partial charge in [0.15, 0.2) is 0 Å². The number of aryl methyl sites for hydroxylation is 1. The zero-order valence-electron chi connectivity index (χ0n) is 14.2. The first-order valence-electron chi connectivity index (χ1n) is 7.27. The van der Waals surface area contributed by atoms with Gasteiger partial charge in [0, 0.05) is 14.1 Å². The summed E-state index contributed by atoms with van der Waals surface area (Å²) in [5.74, 6) is -0.681. The standard InChI is InChI=1S/C16H19FN2O4S2/c1-11-8-15(25(22,23)19(3)4)10-16(12(11)2)18-24(20,21)14-7-5-6-13(17)9-14/h5-10,18H,1-4H3. The van der Waals surface area contributed by atoms with Crippen molar-refractivity contribution in [1.29, 1.82) is 0 Å². The van der Waals surface area contributed by atoms with Gasteiger partial charge in [0.25, 0.3) is 10.0 Å². The van der Waals surface area contributed by atoms with Gasteiger partial charge in [-0.05, 0) is 55.3 Å². The van der Waals surface area contributed by atoms with Crippen LogP contribution in [0.1, 0.15) is 11.1 Å². The van der Waals surface area contributed by atoms with Crippen LogP contribution in [0.3, 0.4) is 0 Å². The smallest absolute Gasteiger partial charge is 0.262 e. The van der Waals surface area contributed by atoms with Crippen molar-refractivity contribution in [3.05, 3.63) is 53.3 Å². The Labute approximate surface area is 147 Å². The average molecular weight is 386 g/mol. The van der Waals surface area contributed by atoms with E-state index in [4.69, 9.17) is 0 Å². The lowest BCUT2D eigenvalue weighted by Gasteiger charge is -2.17. The summed E-state index contributed by atoms with van der Waals surface area (Å²) in [6.45, 7) is 3.36. The first kappa shape index (κ1) is 19.4. The van der Waals surface area contributed by atoms with E-state index in [1.807, 2.05) is 0 Å². The van der Waals surface area contributed by atoms with Crippen LogP contribution >= 0.6 is 0 Å². The number of hydrogen-bond acceptors (Lipinski definition) is 4. The van der Waals surface area contributed by atoms with Crippen molar-refractivity contribution in [1.82, 2.24) is 4.31 Å². The molecule has 1 N–H and O–H groups in total. The number of anilines is 1. The van der Waals surface area contributed by atoms with Crippen molar-refractivity contribution in [2.75, 3.05) is 18.8 Å². The number of hydrogen-bond donors (Lipinski definition) is 1. The summed E-state index contributed by atoms with van der Waals surface area (Å²) in [6.07, 6.45) is 0. The maximum absolute atomic E-state index is 13.3. The lowest BCUT2D eigenvalue weighted by atomic mass is 10.1. The van der Waals surface area contributed by atoms with Crippen molar-refractivity contribution in [3.63, 3.8) is 0 Å². The highest BCUT2D eigenvalue weighted by Gasteiger charge is 2.22. The van der Waals surface area contributed by atoms with Crippen LogP contribution in [0.4, 0.5) is 10.1 Å². The molecule has 0 amide bonds. The summed E-state index contributed by atoms with van der Waals surface area (Å²) in [5.41, 5.74) is 1.32. The predicted molar refractivity (Wildman–Crippen MR) is 94.0 cm³/mol. The first-order valence-corrected chi connectivity index (χ1v) is 10.2. The second kappa shape index (κ2) is 6.74. The Morgan fingerprint density at radius 2 is 1.60 bits per heavy atom. The predicted octanol–water partition coefficient (Wildman–Crippen LogP) is 2.49. The summed E-state index contributed by atoms with van der Waals surface area (Å²) in [5, 5.41) is 0. The van der Waals surface area contributed by atoms with Crippen molar-refractivity contribution in [2.45, 2.75) is 23.6 Å². The number of nitrogens with zero attached hydrogens (tertiary/aromatic N) is 1. The molecule has 0 fully saturated rings. The van der Waals surface area contributed by atoms with E-state index in [2.05, 4.69) is 4.72 Å². The highest BCUT2D eigenvalue weighted by atomic mass is 32.2. The van der Waals surface area contributed by atoms with Gasteiger partial charge in [-0.25, -0.2) is 25.5 Å². The minimum Gasteiger partial charge on any atom is -0.279 e. The molecular weight excluding hydrogens is 367 g/mol. The topological polar surface area (TPSA) is 83.6 Å².